The van der Waals surface area contributed by atoms with Gasteiger partial charge in [0.1, 0.15) is 0 Å². The van der Waals surface area contributed by atoms with Gasteiger partial charge in [0.25, 0.3) is 0 Å². The highest BCUT2D eigenvalue weighted by atomic mass is 79.9. The third kappa shape index (κ3) is 2.62. The van der Waals surface area contributed by atoms with Crippen LogP contribution in [0.4, 0.5) is 0 Å². The Hall–Kier alpha value is -0.900. The van der Waals surface area contributed by atoms with Gasteiger partial charge in [-0.3, -0.25) is 4.79 Å². The zero-order chi connectivity index (χ0) is 8.97. The van der Waals surface area contributed by atoms with Gasteiger partial charge in [0.2, 0.25) is 0 Å². The summed E-state index contributed by atoms with van der Waals surface area (Å²) in [6.07, 6.45) is 3.66. The second-order valence-corrected chi connectivity index (χ2v) is 3.48. The summed E-state index contributed by atoms with van der Waals surface area (Å²) in [5.41, 5.74) is 0. The number of hydrogen-bond acceptors (Lipinski definition) is 1. The number of carbonyl (C=O) groups is 1. The first-order valence-electron chi connectivity index (χ1n) is 3.51. The van der Waals surface area contributed by atoms with Gasteiger partial charge < -0.3 is 5.11 Å². The van der Waals surface area contributed by atoms with E-state index in [0.29, 0.717) is 6.54 Å². The number of halogens is 1. The van der Waals surface area contributed by atoms with Crippen LogP contribution < -0.4 is 4.57 Å². The van der Waals surface area contributed by atoms with Crippen LogP contribution in [0.3, 0.4) is 0 Å². The van der Waals surface area contributed by atoms with Crippen molar-refractivity contribution in [2.24, 2.45) is 0 Å². The van der Waals surface area contributed by atoms with Crippen molar-refractivity contribution in [3.05, 3.63) is 30.6 Å². The first-order valence-corrected chi connectivity index (χ1v) is 4.42. The summed E-state index contributed by atoms with van der Waals surface area (Å²) in [6, 6.07) is 5.61. The first-order chi connectivity index (χ1) is 5.70. The van der Waals surface area contributed by atoms with Crippen LogP contribution in [-0.2, 0) is 11.3 Å². The second kappa shape index (κ2) is 4.21. The standard InChI is InChI=1S/C8H8BrNO2/c9-7(8(11)12)6-10-4-2-1-3-5-10/h1-5,7H,6H2/p+1/t7-/m0/s1. The zero-order valence-electron chi connectivity index (χ0n) is 6.35. The molecule has 1 aromatic heterocycles. The molecule has 0 fully saturated rings. The molecule has 0 unspecified atom stereocenters. The van der Waals surface area contributed by atoms with Gasteiger partial charge >= 0.3 is 5.97 Å². The Kier molecular flexibility index (Phi) is 3.22. The van der Waals surface area contributed by atoms with Gasteiger partial charge in [-0.05, 0) is 0 Å². The molecular weight excluding hydrogens is 222 g/mol. The van der Waals surface area contributed by atoms with Crippen molar-refractivity contribution >= 4 is 21.9 Å². The van der Waals surface area contributed by atoms with Crippen molar-refractivity contribution in [2.75, 3.05) is 0 Å². The number of hydrogen-bond donors (Lipinski definition) is 1. The van der Waals surface area contributed by atoms with Crippen molar-refractivity contribution in [2.45, 2.75) is 11.4 Å². The van der Waals surface area contributed by atoms with Crippen LogP contribution in [0.1, 0.15) is 0 Å². The van der Waals surface area contributed by atoms with E-state index in [1.807, 2.05) is 35.2 Å². The van der Waals surface area contributed by atoms with Crippen molar-refractivity contribution in [3.63, 3.8) is 0 Å². The average molecular weight is 231 g/mol. The maximum Gasteiger partial charge on any atom is 0.323 e. The Morgan fingerprint density at radius 2 is 2.00 bits per heavy atom. The number of carboxylic acids is 1. The fourth-order valence-electron chi connectivity index (χ4n) is 0.819. The minimum absolute atomic E-state index is 0.441. The molecule has 1 atom stereocenters. The van der Waals surface area contributed by atoms with Gasteiger partial charge in [-0.1, -0.05) is 22.0 Å². The van der Waals surface area contributed by atoms with E-state index in [-0.39, 0.29) is 0 Å². The number of pyridine rings is 1. The molecule has 3 nitrogen and oxygen atoms in total. The lowest BCUT2D eigenvalue weighted by molar-refractivity contribution is -0.694. The lowest BCUT2D eigenvalue weighted by atomic mass is 10.4. The van der Waals surface area contributed by atoms with Crippen molar-refractivity contribution in [1.29, 1.82) is 0 Å². The Morgan fingerprint density at radius 1 is 1.42 bits per heavy atom. The molecule has 1 aromatic rings. The van der Waals surface area contributed by atoms with E-state index in [1.54, 1.807) is 0 Å². The maximum atomic E-state index is 10.4. The molecule has 1 rings (SSSR count). The summed E-state index contributed by atoms with van der Waals surface area (Å²) >= 11 is 3.06. The van der Waals surface area contributed by atoms with Crippen LogP contribution in [-0.4, -0.2) is 15.9 Å². The van der Waals surface area contributed by atoms with Crippen LogP contribution in [0.2, 0.25) is 0 Å². The highest BCUT2D eigenvalue weighted by Crippen LogP contribution is 1.98. The van der Waals surface area contributed by atoms with E-state index < -0.39 is 10.8 Å². The summed E-state index contributed by atoms with van der Waals surface area (Å²) < 4.78 is 1.81. The van der Waals surface area contributed by atoms with E-state index >= 15 is 0 Å². The quantitative estimate of drug-likeness (QED) is 0.618. The zero-order valence-corrected chi connectivity index (χ0v) is 7.94. The lowest BCUT2D eigenvalue weighted by Gasteiger charge is -1.98. The number of rotatable bonds is 3. The minimum atomic E-state index is -0.841. The summed E-state index contributed by atoms with van der Waals surface area (Å²) in [7, 11) is 0. The number of alkyl halides is 1. The predicted octanol–water partition coefficient (Wildman–Crippen LogP) is 0.822. The number of carboxylic acid groups (broad SMARTS) is 1. The van der Waals surface area contributed by atoms with Gasteiger partial charge in [-0.15, -0.1) is 0 Å². The molecule has 1 heterocycles. The van der Waals surface area contributed by atoms with Crippen LogP contribution in [0.5, 0.6) is 0 Å². The highest BCUT2D eigenvalue weighted by Gasteiger charge is 2.17. The largest absolute Gasteiger partial charge is 0.480 e. The van der Waals surface area contributed by atoms with Gasteiger partial charge in [-0.2, -0.15) is 0 Å². The average Bonchev–Trinajstić information content (AvgIpc) is 2.06. The third-order valence-corrected chi connectivity index (χ3v) is 2.10. The molecule has 0 aliphatic heterocycles. The third-order valence-electron chi connectivity index (χ3n) is 1.42. The SMILES string of the molecule is O=C(O)[C@@H](Br)C[n+]1ccccc1. The Morgan fingerprint density at radius 3 is 2.50 bits per heavy atom. The molecule has 0 amide bonds. The van der Waals surface area contributed by atoms with Crippen molar-refractivity contribution < 1.29 is 14.5 Å². The molecule has 0 spiro atoms. The number of aliphatic carboxylic acids is 1. The van der Waals surface area contributed by atoms with Crippen LogP contribution in [0.25, 0.3) is 0 Å². The minimum Gasteiger partial charge on any atom is -0.480 e. The van der Waals surface area contributed by atoms with Gasteiger partial charge in [0, 0.05) is 12.1 Å². The van der Waals surface area contributed by atoms with E-state index in [0.717, 1.165) is 0 Å². The monoisotopic (exact) mass is 230 g/mol. The van der Waals surface area contributed by atoms with E-state index in [9.17, 15) is 4.79 Å². The van der Waals surface area contributed by atoms with Crippen molar-refractivity contribution in [3.8, 4) is 0 Å². The molecule has 0 aliphatic carbocycles. The molecular formula is C8H9BrNO2+. The van der Waals surface area contributed by atoms with Gasteiger partial charge in [0.15, 0.2) is 23.8 Å². The lowest BCUT2D eigenvalue weighted by Crippen LogP contribution is -2.39. The van der Waals surface area contributed by atoms with Crippen LogP contribution in [0, 0.1) is 0 Å². The second-order valence-electron chi connectivity index (χ2n) is 2.38. The molecule has 4 heteroatoms. The molecule has 0 aromatic carbocycles. The van der Waals surface area contributed by atoms with Crippen molar-refractivity contribution in [1.82, 2.24) is 0 Å². The highest BCUT2D eigenvalue weighted by molar-refractivity contribution is 9.10. The molecule has 64 valence electrons. The summed E-state index contributed by atoms with van der Waals surface area (Å²) in [5, 5.41) is 8.58. The first kappa shape index (κ1) is 9.19. The molecule has 12 heavy (non-hydrogen) atoms. The normalized spacial score (nSPS) is 12.4. The van der Waals surface area contributed by atoms with Crippen LogP contribution >= 0.6 is 15.9 Å². The predicted molar refractivity (Wildman–Crippen MR) is 47.0 cm³/mol. The fourth-order valence-corrected chi connectivity index (χ4v) is 1.15. The molecule has 0 radical (unpaired) electrons. The van der Waals surface area contributed by atoms with E-state index in [2.05, 4.69) is 15.9 Å². The van der Waals surface area contributed by atoms with E-state index in [1.165, 1.54) is 0 Å². The van der Waals surface area contributed by atoms with E-state index in [4.69, 9.17) is 5.11 Å². The summed E-state index contributed by atoms with van der Waals surface area (Å²) in [5.74, 6) is -0.841. The summed E-state index contributed by atoms with van der Waals surface area (Å²) in [4.78, 5) is 9.92. The molecule has 0 saturated carbocycles. The summed E-state index contributed by atoms with van der Waals surface area (Å²) in [6.45, 7) is 0.441. The van der Waals surface area contributed by atoms with Gasteiger partial charge in [-0.25, -0.2) is 4.57 Å². The number of aromatic nitrogens is 1. The maximum absolute atomic E-state index is 10.4. The topological polar surface area (TPSA) is 41.2 Å². The molecule has 0 bridgehead atoms. The fraction of sp³-hybridized carbons (Fsp3) is 0.250. The molecule has 0 aliphatic rings. The molecule has 1 N–H and O–H groups in total. The Labute approximate surface area is 78.8 Å². The Bertz CT molecular complexity index is 263. The smallest absolute Gasteiger partial charge is 0.323 e. The van der Waals surface area contributed by atoms with Gasteiger partial charge in [0.05, 0.1) is 0 Å². The molecule has 0 saturated heterocycles. The Balaban J connectivity index is 2.58. The number of nitrogens with zero attached hydrogens (tertiary/aromatic N) is 1. The van der Waals surface area contributed by atoms with Crippen LogP contribution in [0.15, 0.2) is 30.6 Å².